The van der Waals surface area contributed by atoms with E-state index in [0.717, 1.165) is 0 Å². The van der Waals surface area contributed by atoms with Gasteiger partial charge in [0.1, 0.15) is 11.9 Å². The molecule has 1 aliphatic heterocycles. The molecule has 0 bridgehead atoms. The highest BCUT2D eigenvalue weighted by molar-refractivity contribution is 5.94. The summed E-state index contributed by atoms with van der Waals surface area (Å²) in [7, 11) is 2.97. The highest BCUT2D eigenvalue weighted by atomic mass is 16.5. The van der Waals surface area contributed by atoms with Crippen LogP contribution < -0.4 is 10.3 Å². The molecule has 0 radical (unpaired) electrons. The smallest absolute Gasteiger partial charge is 0.337 e. The number of likely N-dealkylation sites (tertiary alicyclic amines) is 1. The maximum absolute atomic E-state index is 12.9. The second kappa shape index (κ2) is 8.55. The molecule has 0 unspecified atom stereocenters. The second-order valence-corrected chi connectivity index (χ2v) is 8.31. The minimum absolute atomic E-state index is 0.155. The lowest BCUT2D eigenvalue weighted by Crippen LogP contribution is -2.42. The number of methoxy groups -OCH3 is 1. The van der Waals surface area contributed by atoms with Gasteiger partial charge in [-0.3, -0.25) is 9.59 Å². The highest BCUT2D eigenvalue weighted by Crippen LogP contribution is 2.38. The molecule has 4 rings (SSSR count). The number of benzene rings is 1. The first-order chi connectivity index (χ1) is 14.9. The van der Waals surface area contributed by atoms with E-state index in [1.54, 1.807) is 48.5 Å². The zero-order valence-electron chi connectivity index (χ0n) is 17.6. The fraction of sp³-hybridized carbons (Fsp3) is 0.435. The predicted molar refractivity (Wildman–Crippen MR) is 112 cm³/mol. The lowest BCUT2D eigenvalue weighted by molar-refractivity contribution is -0.0231. The number of aromatic nitrogens is 1. The van der Waals surface area contributed by atoms with Crippen molar-refractivity contribution in [1.29, 1.82) is 0 Å². The summed E-state index contributed by atoms with van der Waals surface area (Å²) in [5.74, 6) is 0.419. The Morgan fingerprint density at radius 3 is 2.35 bits per heavy atom. The van der Waals surface area contributed by atoms with Gasteiger partial charge in [0.25, 0.3) is 11.5 Å². The number of carbonyl (C=O) groups excluding carboxylic acids is 2. The molecule has 1 amide bonds. The summed E-state index contributed by atoms with van der Waals surface area (Å²) in [6, 6.07) is 9.64. The number of pyridine rings is 1. The quantitative estimate of drug-likeness (QED) is 0.744. The normalized spacial score (nSPS) is 25.1. The summed E-state index contributed by atoms with van der Waals surface area (Å²) < 4.78 is 12.1. The van der Waals surface area contributed by atoms with Crippen LogP contribution in [0.1, 0.15) is 33.6 Å². The summed E-state index contributed by atoms with van der Waals surface area (Å²) in [5.41, 5.74) is 0.602. The van der Waals surface area contributed by atoms with Gasteiger partial charge in [-0.05, 0) is 55.0 Å². The third-order valence-electron chi connectivity index (χ3n) is 6.29. The summed E-state index contributed by atoms with van der Waals surface area (Å²) >= 11 is 0. The van der Waals surface area contributed by atoms with Crippen LogP contribution in [0.5, 0.6) is 5.75 Å². The van der Waals surface area contributed by atoms with Crippen LogP contribution in [-0.4, -0.2) is 58.9 Å². The number of rotatable bonds is 4. The Kier molecular flexibility index (Phi) is 5.82. The summed E-state index contributed by atoms with van der Waals surface area (Å²) in [6.07, 6.45) is 1.75. The lowest BCUT2D eigenvalue weighted by Gasteiger charge is -2.35. The van der Waals surface area contributed by atoms with Crippen LogP contribution >= 0.6 is 0 Å². The summed E-state index contributed by atoms with van der Waals surface area (Å²) in [6.45, 7) is 1.14. The van der Waals surface area contributed by atoms with Gasteiger partial charge in [0, 0.05) is 38.0 Å². The summed E-state index contributed by atoms with van der Waals surface area (Å²) in [5, 5.41) is 10.6. The fourth-order valence-electron chi connectivity index (χ4n) is 4.51. The van der Waals surface area contributed by atoms with E-state index in [-0.39, 0.29) is 29.4 Å². The highest BCUT2D eigenvalue weighted by Gasteiger charge is 2.44. The Balaban J connectivity index is 1.40. The summed E-state index contributed by atoms with van der Waals surface area (Å²) in [4.78, 5) is 38.1. The topological polar surface area (TPSA) is 98.1 Å². The number of nitrogens with zero attached hydrogens (tertiary/aromatic N) is 2. The first-order valence-electron chi connectivity index (χ1n) is 10.3. The Morgan fingerprint density at radius 2 is 1.71 bits per heavy atom. The molecule has 8 heteroatoms. The molecule has 31 heavy (non-hydrogen) atoms. The molecule has 1 saturated heterocycles. The van der Waals surface area contributed by atoms with Crippen LogP contribution in [-0.2, 0) is 11.8 Å². The lowest BCUT2D eigenvalue weighted by atomic mass is 9.78. The SMILES string of the molecule is COC(=O)c1ccc(O[C@H]2C[C@@H]3CN(C(=O)c4ccn(C)c(=O)c4)C[C@@H]3C[C@@H]2O)cc1. The monoisotopic (exact) mass is 426 g/mol. The molecule has 2 aromatic rings. The number of hydrogen-bond donors (Lipinski definition) is 1. The molecular weight excluding hydrogens is 400 g/mol. The molecule has 1 saturated carbocycles. The maximum Gasteiger partial charge on any atom is 0.337 e. The number of esters is 1. The van der Waals surface area contributed by atoms with Gasteiger partial charge in [0.05, 0.1) is 18.8 Å². The second-order valence-electron chi connectivity index (χ2n) is 8.31. The number of hydrogen-bond acceptors (Lipinski definition) is 6. The third-order valence-corrected chi connectivity index (χ3v) is 6.29. The molecule has 2 aliphatic rings. The van der Waals surface area contributed by atoms with Crippen molar-refractivity contribution in [2.45, 2.75) is 25.0 Å². The van der Waals surface area contributed by atoms with Gasteiger partial charge in [-0.25, -0.2) is 4.79 Å². The number of aryl methyl sites for hydroxylation is 1. The first kappa shape index (κ1) is 21.1. The fourth-order valence-corrected chi connectivity index (χ4v) is 4.51. The van der Waals surface area contributed by atoms with Gasteiger partial charge in [0.15, 0.2) is 0 Å². The van der Waals surface area contributed by atoms with Crippen LogP contribution in [0.2, 0.25) is 0 Å². The van der Waals surface area contributed by atoms with Crippen LogP contribution in [0, 0.1) is 11.8 Å². The van der Waals surface area contributed by atoms with Crippen LogP contribution in [0.25, 0.3) is 0 Å². The van der Waals surface area contributed by atoms with E-state index in [1.165, 1.54) is 17.7 Å². The van der Waals surface area contributed by atoms with E-state index in [2.05, 4.69) is 0 Å². The van der Waals surface area contributed by atoms with E-state index in [9.17, 15) is 19.5 Å². The number of aliphatic hydroxyl groups is 1. The zero-order chi connectivity index (χ0) is 22.1. The van der Waals surface area contributed by atoms with Crippen molar-refractivity contribution >= 4 is 11.9 Å². The average molecular weight is 426 g/mol. The zero-order valence-corrected chi connectivity index (χ0v) is 17.6. The van der Waals surface area contributed by atoms with E-state index in [1.807, 2.05) is 0 Å². The minimum Gasteiger partial charge on any atom is -0.488 e. The number of amides is 1. The van der Waals surface area contributed by atoms with Crippen molar-refractivity contribution < 1.29 is 24.2 Å². The van der Waals surface area contributed by atoms with Gasteiger partial charge in [0.2, 0.25) is 0 Å². The van der Waals surface area contributed by atoms with Crippen LogP contribution in [0.4, 0.5) is 0 Å². The standard InChI is InChI=1S/C23H26N2O6/c1-24-8-7-15(11-21(24)27)22(28)25-12-16-9-19(26)20(10-17(16)13-25)31-18-5-3-14(4-6-18)23(29)30-2/h3-8,11,16-17,19-20,26H,9-10,12-13H2,1-2H3/t16-,17+,19-,20-/m0/s1. The van der Waals surface area contributed by atoms with Crippen molar-refractivity contribution in [2.24, 2.45) is 18.9 Å². The van der Waals surface area contributed by atoms with E-state index < -0.39 is 12.1 Å². The molecule has 1 N–H and O–H groups in total. The Hall–Kier alpha value is -3.13. The largest absolute Gasteiger partial charge is 0.488 e. The first-order valence-corrected chi connectivity index (χ1v) is 10.3. The van der Waals surface area contributed by atoms with Gasteiger partial charge in [-0.15, -0.1) is 0 Å². The molecule has 1 aliphatic carbocycles. The van der Waals surface area contributed by atoms with Crippen molar-refractivity contribution in [2.75, 3.05) is 20.2 Å². The van der Waals surface area contributed by atoms with Crippen molar-refractivity contribution in [3.05, 3.63) is 64.1 Å². The average Bonchev–Trinajstić information content (AvgIpc) is 3.18. The molecule has 2 fully saturated rings. The van der Waals surface area contributed by atoms with E-state index >= 15 is 0 Å². The van der Waals surface area contributed by atoms with E-state index in [0.29, 0.717) is 42.8 Å². The van der Waals surface area contributed by atoms with Gasteiger partial charge >= 0.3 is 5.97 Å². The number of carbonyl (C=O) groups is 2. The van der Waals surface area contributed by atoms with Crippen LogP contribution in [0.15, 0.2) is 47.4 Å². The van der Waals surface area contributed by atoms with Gasteiger partial charge < -0.3 is 24.0 Å². The molecule has 164 valence electrons. The molecular formula is C23H26N2O6. The molecule has 0 spiro atoms. The van der Waals surface area contributed by atoms with Crippen molar-refractivity contribution in [3.8, 4) is 5.75 Å². The van der Waals surface area contributed by atoms with E-state index in [4.69, 9.17) is 9.47 Å². The Morgan fingerprint density at radius 1 is 1.03 bits per heavy atom. The molecule has 1 aromatic carbocycles. The van der Waals surface area contributed by atoms with Crippen LogP contribution in [0.3, 0.4) is 0 Å². The molecule has 4 atom stereocenters. The minimum atomic E-state index is -0.638. The van der Waals surface area contributed by atoms with Gasteiger partial charge in [-0.1, -0.05) is 0 Å². The molecule has 2 heterocycles. The molecule has 8 nitrogen and oxygen atoms in total. The Labute approximate surface area is 180 Å². The van der Waals surface area contributed by atoms with Crippen molar-refractivity contribution in [3.63, 3.8) is 0 Å². The number of ether oxygens (including phenoxy) is 2. The number of fused-ring (bicyclic) bond motifs is 1. The van der Waals surface area contributed by atoms with Gasteiger partial charge in [-0.2, -0.15) is 0 Å². The van der Waals surface area contributed by atoms with Crippen molar-refractivity contribution in [1.82, 2.24) is 9.47 Å². The maximum atomic E-state index is 12.9. The third kappa shape index (κ3) is 4.34. The Bertz CT molecular complexity index is 1030. The predicted octanol–water partition coefficient (Wildman–Crippen LogP) is 1.46. The number of aliphatic hydroxyl groups excluding tert-OH is 1. The molecule has 1 aromatic heterocycles.